The lowest BCUT2D eigenvalue weighted by Gasteiger charge is -2.36. The van der Waals surface area contributed by atoms with Crippen molar-refractivity contribution in [3.8, 4) is 0 Å². The fraction of sp³-hybridized carbons (Fsp3) is 0.375. The van der Waals surface area contributed by atoms with Crippen LogP contribution in [0.3, 0.4) is 0 Å². The van der Waals surface area contributed by atoms with Crippen LogP contribution in [-0.2, 0) is 16.1 Å². The van der Waals surface area contributed by atoms with Crippen molar-refractivity contribution in [2.45, 2.75) is 49.7 Å². The lowest BCUT2D eigenvalue weighted by Crippen LogP contribution is -2.31. The number of ether oxygens (including phenoxy) is 2. The van der Waals surface area contributed by atoms with Crippen LogP contribution in [0.5, 0.6) is 0 Å². The van der Waals surface area contributed by atoms with Gasteiger partial charge in [0.2, 0.25) is 0 Å². The quantitative estimate of drug-likeness (QED) is 0.381. The third-order valence-corrected chi connectivity index (χ3v) is 7.40. The largest absolute Gasteiger partial charge is 0.392 e. The molecule has 4 rings (SSSR count). The molecule has 1 aliphatic heterocycles. The van der Waals surface area contributed by atoms with Gasteiger partial charge in [-0.25, -0.2) is 4.79 Å². The SMILES string of the molecule is CCNC(=O)Nc1ccc([C@@H]2O[C@H](CSc3nnc(C)s3)C[C@H](c3ccc(CO)cc3)O2)cc1. The summed E-state index contributed by atoms with van der Waals surface area (Å²) < 4.78 is 13.6. The van der Waals surface area contributed by atoms with Gasteiger partial charge < -0.3 is 25.2 Å². The number of urea groups is 1. The molecule has 0 unspecified atom stereocenters. The first-order chi connectivity index (χ1) is 16.5. The predicted octanol–water partition coefficient (Wildman–Crippen LogP) is 4.82. The van der Waals surface area contributed by atoms with E-state index < -0.39 is 6.29 Å². The van der Waals surface area contributed by atoms with Gasteiger partial charge >= 0.3 is 6.03 Å². The van der Waals surface area contributed by atoms with Gasteiger partial charge in [0, 0.05) is 30.0 Å². The van der Waals surface area contributed by atoms with E-state index >= 15 is 0 Å². The number of nitrogens with zero attached hydrogens (tertiary/aromatic N) is 2. The summed E-state index contributed by atoms with van der Waals surface area (Å²) in [5.41, 5.74) is 3.48. The van der Waals surface area contributed by atoms with E-state index in [0.717, 1.165) is 31.8 Å². The third kappa shape index (κ3) is 6.55. The van der Waals surface area contributed by atoms with Crippen molar-refractivity contribution >= 4 is 34.8 Å². The maximum atomic E-state index is 11.8. The van der Waals surface area contributed by atoms with E-state index in [1.165, 1.54) is 0 Å². The second kappa shape index (κ2) is 11.8. The minimum Gasteiger partial charge on any atom is -0.392 e. The number of thioether (sulfide) groups is 1. The zero-order chi connectivity index (χ0) is 23.9. The van der Waals surface area contributed by atoms with Gasteiger partial charge in [0.05, 0.1) is 18.8 Å². The summed E-state index contributed by atoms with van der Waals surface area (Å²) in [4.78, 5) is 11.8. The Morgan fingerprint density at radius 2 is 1.85 bits per heavy atom. The van der Waals surface area contributed by atoms with E-state index in [2.05, 4.69) is 20.8 Å². The van der Waals surface area contributed by atoms with Crippen LogP contribution in [0.2, 0.25) is 0 Å². The Balaban J connectivity index is 1.49. The molecule has 3 atom stereocenters. The van der Waals surface area contributed by atoms with Gasteiger partial charge in [0.1, 0.15) is 5.01 Å². The molecular weight excluding hydrogens is 472 g/mol. The Morgan fingerprint density at radius 3 is 2.50 bits per heavy atom. The Bertz CT molecular complexity index is 1080. The Labute approximate surface area is 207 Å². The molecule has 2 amide bonds. The number of aromatic nitrogens is 2. The molecule has 180 valence electrons. The summed E-state index contributed by atoms with van der Waals surface area (Å²) >= 11 is 3.21. The Hall–Kier alpha value is -2.50. The standard InChI is InChI=1S/C24H28N4O4S2/c1-3-25-23(30)26-19-10-8-18(9-11-19)22-31-20(14-33-24-28-27-15(2)34-24)12-21(32-22)17-6-4-16(13-29)5-7-17/h4-11,20-22,29H,3,12-14H2,1-2H3,(H2,25,26,30)/t20-,21+,22+/m0/s1. The van der Waals surface area contributed by atoms with Crippen molar-refractivity contribution in [3.05, 3.63) is 70.2 Å². The molecule has 2 heterocycles. The van der Waals surface area contributed by atoms with Crippen LogP contribution in [0.4, 0.5) is 10.5 Å². The molecular formula is C24H28N4O4S2. The van der Waals surface area contributed by atoms with Gasteiger partial charge in [-0.05, 0) is 37.1 Å². The summed E-state index contributed by atoms with van der Waals surface area (Å²) in [5.74, 6) is 0.733. The van der Waals surface area contributed by atoms with E-state index in [-0.39, 0.29) is 24.8 Å². The molecule has 1 aliphatic rings. The van der Waals surface area contributed by atoms with Crippen molar-refractivity contribution in [2.75, 3.05) is 17.6 Å². The average Bonchev–Trinajstić information content (AvgIpc) is 3.28. The summed E-state index contributed by atoms with van der Waals surface area (Å²) in [7, 11) is 0. The molecule has 1 fully saturated rings. The van der Waals surface area contributed by atoms with Crippen LogP contribution in [0.15, 0.2) is 52.9 Å². The molecule has 1 saturated heterocycles. The van der Waals surface area contributed by atoms with Crippen LogP contribution >= 0.6 is 23.1 Å². The molecule has 34 heavy (non-hydrogen) atoms. The molecule has 0 saturated carbocycles. The number of rotatable bonds is 8. The fourth-order valence-corrected chi connectivity index (χ4v) is 5.44. The second-order valence-electron chi connectivity index (χ2n) is 7.85. The van der Waals surface area contributed by atoms with E-state index in [0.29, 0.717) is 18.7 Å². The molecule has 10 heteroatoms. The number of aliphatic hydroxyl groups is 1. The minimum absolute atomic E-state index is 0.00866. The fourth-order valence-electron chi connectivity index (χ4n) is 3.58. The van der Waals surface area contributed by atoms with Gasteiger partial charge in [-0.3, -0.25) is 0 Å². The number of aryl methyl sites for hydroxylation is 1. The summed E-state index contributed by atoms with van der Waals surface area (Å²) in [6.45, 7) is 4.38. The number of carbonyl (C=O) groups excluding carboxylic acids is 1. The van der Waals surface area contributed by atoms with Gasteiger partial charge in [-0.1, -0.05) is 59.5 Å². The number of anilines is 1. The van der Waals surface area contributed by atoms with E-state index in [1.54, 1.807) is 23.1 Å². The zero-order valence-electron chi connectivity index (χ0n) is 19.1. The molecule has 0 spiro atoms. The molecule has 1 aromatic heterocycles. The lowest BCUT2D eigenvalue weighted by molar-refractivity contribution is -0.245. The number of hydrogen-bond donors (Lipinski definition) is 3. The van der Waals surface area contributed by atoms with Crippen LogP contribution < -0.4 is 10.6 Å². The summed E-state index contributed by atoms with van der Waals surface area (Å²) in [6, 6.07) is 15.1. The van der Waals surface area contributed by atoms with E-state index in [1.807, 2.05) is 62.4 Å². The molecule has 8 nitrogen and oxygen atoms in total. The highest BCUT2D eigenvalue weighted by atomic mass is 32.2. The predicted molar refractivity (Wildman–Crippen MR) is 133 cm³/mol. The number of carbonyl (C=O) groups is 1. The average molecular weight is 501 g/mol. The number of amides is 2. The van der Waals surface area contributed by atoms with Crippen LogP contribution in [0.25, 0.3) is 0 Å². The first-order valence-corrected chi connectivity index (χ1v) is 12.9. The summed E-state index contributed by atoms with van der Waals surface area (Å²) in [5, 5.41) is 24.1. The normalized spacial score (nSPS) is 20.1. The number of hydrogen-bond acceptors (Lipinski definition) is 8. The van der Waals surface area contributed by atoms with Crippen LogP contribution in [0, 0.1) is 6.92 Å². The van der Waals surface area contributed by atoms with Crippen LogP contribution in [0.1, 0.15) is 47.4 Å². The van der Waals surface area contributed by atoms with Crippen LogP contribution in [-0.4, -0.2) is 39.7 Å². The summed E-state index contributed by atoms with van der Waals surface area (Å²) in [6.07, 6.45) is -0.0436. The van der Waals surface area contributed by atoms with E-state index in [9.17, 15) is 9.90 Å². The zero-order valence-corrected chi connectivity index (χ0v) is 20.7. The van der Waals surface area contributed by atoms with E-state index in [4.69, 9.17) is 9.47 Å². The molecule has 0 radical (unpaired) electrons. The number of nitrogens with one attached hydrogen (secondary N) is 2. The monoisotopic (exact) mass is 500 g/mol. The Kier molecular flexibility index (Phi) is 8.52. The van der Waals surface area contributed by atoms with Gasteiger partial charge in [-0.2, -0.15) is 0 Å². The second-order valence-corrected chi connectivity index (χ2v) is 10.3. The number of aliphatic hydroxyl groups excluding tert-OH is 1. The van der Waals surface area contributed by atoms with Gasteiger partial charge in [-0.15, -0.1) is 10.2 Å². The lowest BCUT2D eigenvalue weighted by atomic mass is 10.0. The Morgan fingerprint density at radius 1 is 1.12 bits per heavy atom. The highest BCUT2D eigenvalue weighted by Crippen LogP contribution is 2.39. The molecule has 2 aromatic carbocycles. The van der Waals surface area contributed by atoms with Crippen molar-refractivity contribution in [1.82, 2.24) is 15.5 Å². The molecule has 3 aromatic rings. The topological polar surface area (TPSA) is 106 Å². The molecule has 0 aliphatic carbocycles. The van der Waals surface area contributed by atoms with Crippen molar-refractivity contribution < 1.29 is 19.4 Å². The highest BCUT2D eigenvalue weighted by Gasteiger charge is 2.32. The third-order valence-electron chi connectivity index (χ3n) is 5.29. The van der Waals surface area contributed by atoms with Crippen molar-refractivity contribution in [1.29, 1.82) is 0 Å². The van der Waals surface area contributed by atoms with Crippen molar-refractivity contribution in [3.63, 3.8) is 0 Å². The first kappa shape index (κ1) is 24.6. The van der Waals surface area contributed by atoms with Gasteiger partial charge in [0.25, 0.3) is 0 Å². The van der Waals surface area contributed by atoms with Crippen molar-refractivity contribution in [2.24, 2.45) is 0 Å². The maximum absolute atomic E-state index is 11.8. The maximum Gasteiger partial charge on any atom is 0.319 e. The number of benzene rings is 2. The molecule has 0 bridgehead atoms. The minimum atomic E-state index is -0.545. The highest BCUT2D eigenvalue weighted by molar-refractivity contribution is 8.01. The molecule has 3 N–H and O–H groups in total. The first-order valence-electron chi connectivity index (χ1n) is 11.1. The smallest absolute Gasteiger partial charge is 0.319 e. The van der Waals surface area contributed by atoms with Gasteiger partial charge in [0.15, 0.2) is 10.6 Å².